The molecule has 3 aliphatic rings. The molecule has 2 saturated heterocycles. The fourth-order valence-electron chi connectivity index (χ4n) is 3.93. The first-order valence-corrected chi connectivity index (χ1v) is 11.1. The van der Waals surface area contributed by atoms with Gasteiger partial charge in [0, 0.05) is 36.5 Å². The van der Waals surface area contributed by atoms with Gasteiger partial charge in [-0.2, -0.15) is 0 Å². The minimum atomic E-state index is -0.181. The maximum absolute atomic E-state index is 12.6. The Morgan fingerprint density at radius 2 is 2.14 bits per heavy atom. The van der Waals surface area contributed by atoms with Gasteiger partial charge in [0.25, 0.3) is 11.8 Å². The molecular formula is C20H27N4O4S+. The number of fused-ring (bicyclic) bond motifs is 1. The molecule has 2 fully saturated rings. The van der Waals surface area contributed by atoms with E-state index in [4.69, 9.17) is 4.74 Å². The van der Waals surface area contributed by atoms with Gasteiger partial charge in [0.15, 0.2) is 0 Å². The maximum atomic E-state index is 12.6. The number of quaternary nitrogens is 1. The number of carbonyl (C=O) groups is 3. The number of thioether (sulfide) groups is 1. The van der Waals surface area contributed by atoms with Crippen molar-refractivity contribution in [2.45, 2.75) is 29.5 Å². The van der Waals surface area contributed by atoms with Crippen LogP contribution in [-0.4, -0.2) is 73.9 Å². The topological polar surface area (TPSA) is 92.2 Å². The van der Waals surface area contributed by atoms with E-state index in [1.54, 1.807) is 23.9 Å². The fourth-order valence-corrected chi connectivity index (χ4v) is 5.14. The molecule has 4 rings (SSSR count). The predicted octanol–water partition coefficient (Wildman–Crippen LogP) is -0.286. The monoisotopic (exact) mass is 419 g/mol. The second-order valence-corrected chi connectivity index (χ2v) is 8.71. The fraction of sp³-hybridized carbons (Fsp3) is 0.550. The summed E-state index contributed by atoms with van der Waals surface area (Å²) in [5.41, 5.74) is 1.22. The summed E-state index contributed by atoms with van der Waals surface area (Å²) in [5, 5.41) is 5.69. The first kappa shape index (κ1) is 20.2. The molecule has 156 valence electrons. The molecule has 0 spiro atoms. The lowest BCUT2D eigenvalue weighted by Crippen LogP contribution is -3.18. The highest BCUT2D eigenvalue weighted by atomic mass is 32.2. The molecule has 3 N–H and O–H groups in total. The highest BCUT2D eigenvalue weighted by Gasteiger charge is 2.36. The lowest BCUT2D eigenvalue weighted by molar-refractivity contribution is -0.909. The summed E-state index contributed by atoms with van der Waals surface area (Å²) < 4.78 is 5.39. The largest absolute Gasteiger partial charge is 0.370 e. The number of hydrogen-bond donors (Lipinski definition) is 3. The normalized spacial score (nSPS) is 22.3. The van der Waals surface area contributed by atoms with Crippen molar-refractivity contribution in [1.82, 2.24) is 10.2 Å². The number of nitrogens with zero attached hydrogens (tertiary/aromatic N) is 1. The number of rotatable bonds is 6. The van der Waals surface area contributed by atoms with Gasteiger partial charge in [-0.3, -0.25) is 14.4 Å². The smallest absolute Gasteiger partial charge is 0.294 e. The summed E-state index contributed by atoms with van der Waals surface area (Å²) in [5.74, 6) is 0.0180. The van der Waals surface area contributed by atoms with Gasteiger partial charge >= 0.3 is 0 Å². The third kappa shape index (κ3) is 4.73. The minimum absolute atomic E-state index is 0.0211. The second kappa shape index (κ2) is 9.15. The molecular weight excluding hydrogens is 392 g/mol. The molecule has 3 heterocycles. The van der Waals surface area contributed by atoms with Crippen molar-refractivity contribution in [2.75, 3.05) is 51.3 Å². The lowest BCUT2D eigenvalue weighted by Gasteiger charge is -2.32. The molecule has 0 bridgehead atoms. The number of amides is 3. The highest BCUT2D eigenvalue weighted by molar-refractivity contribution is 8.00. The third-order valence-corrected chi connectivity index (χ3v) is 6.94. The van der Waals surface area contributed by atoms with Gasteiger partial charge in [-0.05, 0) is 31.0 Å². The average Bonchev–Trinajstić information content (AvgIpc) is 3.15. The van der Waals surface area contributed by atoms with E-state index in [1.165, 1.54) is 4.90 Å². The van der Waals surface area contributed by atoms with Crippen molar-refractivity contribution < 1.29 is 24.0 Å². The van der Waals surface area contributed by atoms with Gasteiger partial charge in [0.2, 0.25) is 11.3 Å². The summed E-state index contributed by atoms with van der Waals surface area (Å²) in [6.07, 6.45) is 2.30. The Bertz CT molecular complexity index is 797. The summed E-state index contributed by atoms with van der Waals surface area (Å²) in [6, 6.07) is 5.45. The van der Waals surface area contributed by atoms with Crippen molar-refractivity contribution in [1.29, 1.82) is 0 Å². The Kier molecular flexibility index (Phi) is 6.37. The van der Waals surface area contributed by atoms with Crippen LogP contribution in [0.3, 0.4) is 0 Å². The van der Waals surface area contributed by atoms with Gasteiger partial charge in [-0.15, -0.1) is 0 Å². The summed E-state index contributed by atoms with van der Waals surface area (Å²) >= 11 is 1.55. The van der Waals surface area contributed by atoms with Gasteiger partial charge in [-0.25, -0.2) is 0 Å². The number of anilines is 1. The second-order valence-electron chi connectivity index (χ2n) is 7.56. The van der Waals surface area contributed by atoms with Crippen LogP contribution in [0.25, 0.3) is 0 Å². The van der Waals surface area contributed by atoms with Gasteiger partial charge in [-0.1, -0.05) is 11.8 Å². The van der Waals surface area contributed by atoms with Crippen molar-refractivity contribution in [3.63, 3.8) is 0 Å². The molecule has 1 aromatic rings. The lowest BCUT2D eigenvalue weighted by atomic mass is 10.1. The van der Waals surface area contributed by atoms with E-state index in [1.807, 2.05) is 11.0 Å². The quantitative estimate of drug-likeness (QED) is 0.552. The van der Waals surface area contributed by atoms with Gasteiger partial charge in [0.05, 0.1) is 18.9 Å². The molecule has 3 aliphatic heterocycles. The number of hydrogen-bond acceptors (Lipinski definition) is 5. The van der Waals surface area contributed by atoms with Crippen LogP contribution in [0.1, 0.15) is 29.6 Å². The zero-order chi connectivity index (χ0) is 20.2. The first-order valence-electron chi connectivity index (χ1n) is 10.2. The van der Waals surface area contributed by atoms with E-state index in [2.05, 4.69) is 10.6 Å². The number of carbonyl (C=O) groups excluding carboxylic acids is 3. The van der Waals surface area contributed by atoms with Crippen molar-refractivity contribution in [2.24, 2.45) is 0 Å². The van der Waals surface area contributed by atoms with E-state index >= 15 is 0 Å². The molecule has 1 atom stereocenters. The molecule has 0 aromatic heterocycles. The number of ether oxygens (including phenoxy) is 1. The zero-order valence-corrected chi connectivity index (χ0v) is 17.2. The van der Waals surface area contributed by atoms with E-state index < -0.39 is 0 Å². The Morgan fingerprint density at radius 1 is 1.31 bits per heavy atom. The van der Waals surface area contributed by atoms with Crippen molar-refractivity contribution in [3.05, 3.63) is 23.8 Å². The summed E-state index contributed by atoms with van der Waals surface area (Å²) in [6.45, 7) is 5.02. The summed E-state index contributed by atoms with van der Waals surface area (Å²) in [7, 11) is 0. The maximum Gasteiger partial charge on any atom is 0.294 e. The molecule has 0 radical (unpaired) electrons. The zero-order valence-electron chi connectivity index (χ0n) is 16.4. The molecule has 1 unspecified atom stereocenters. The van der Waals surface area contributed by atoms with Crippen molar-refractivity contribution in [3.8, 4) is 0 Å². The van der Waals surface area contributed by atoms with Crippen LogP contribution in [0.15, 0.2) is 23.1 Å². The van der Waals surface area contributed by atoms with Crippen LogP contribution < -0.4 is 15.5 Å². The van der Waals surface area contributed by atoms with E-state index in [0.717, 1.165) is 37.4 Å². The first-order chi connectivity index (χ1) is 14.1. The molecule has 8 nitrogen and oxygen atoms in total. The Morgan fingerprint density at radius 3 is 2.90 bits per heavy atom. The number of benzene rings is 1. The van der Waals surface area contributed by atoms with E-state index in [-0.39, 0.29) is 23.1 Å². The van der Waals surface area contributed by atoms with Crippen LogP contribution in [-0.2, 0) is 14.3 Å². The molecule has 0 saturated carbocycles. The Hall–Kier alpha value is -2.10. The van der Waals surface area contributed by atoms with E-state index in [0.29, 0.717) is 44.0 Å². The number of nitrogens with one attached hydrogen (secondary N) is 3. The van der Waals surface area contributed by atoms with Gasteiger partial charge < -0.3 is 25.2 Å². The minimum Gasteiger partial charge on any atom is -0.370 e. The summed E-state index contributed by atoms with van der Waals surface area (Å²) in [4.78, 5) is 40.7. The van der Waals surface area contributed by atoms with Crippen LogP contribution in [0.2, 0.25) is 0 Å². The third-order valence-electron chi connectivity index (χ3n) is 5.55. The SMILES string of the molecule is O=C(NCCCN1CCCC1=O)c1ccc2c(c1)NC(=O)C([NH+]1CCOCC1)S2. The van der Waals surface area contributed by atoms with Crippen LogP contribution in [0.4, 0.5) is 5.69 Å². The molecule has 1 aromatic carbocycles. The predicted molar refractivity (Wildman–Crippen MR) is 109 cm³/mol. The van der Waals surface area contributed by atoms with Gasteiger partial charge in [0.1, 0.15) is 13.1 Å². The highest BCUT2D eigenvalue weighted by Crippen LogP contribution is 2.34. The molecule has 3 amide bonds. The van der Waals surface area contributed by atoms with Crippen LogP contribution in [0, 0.1) is 0 Å². The number of morpholine rings is 1. The Balaban J connectivity index is 1.31. The van der Waals surface area contributed by atoms with E-state index in [9.17, 15) is 14.4 Å². The Labute approximate surface area is 174 Å². The van der Waals surface area contributed by atoms with Crippen LogP contribution in [0.5, 0.6) is 0 Å². The van der Waals surface area contributed by atoms with Crippen molar-refractivity contribution >= 4 is 35.2 Å². The molecule has 0 aliphatic carbocycles. The number of likely N-dealkylation sites (tertiary alicyclic amines) is 1. The molecule has 9 heteroatoms. The standard InChI is InChI=1S/C20H26N4O4S/c25-17-3-1-7-23(17)8-2-6-21-18(26)14-4-5-16-15(13-14)22-19(27)20(29-16)24-9-11-28-12-10-24/h4-5,13,20H,1-3,6-12H2,(H,21,26)(H,22,27)/p+1. The molecule has 29 heavy (non-hydrogen) atoms. The van der Waals surface area contributed by atoms with Crippen LogP contribution >= 0.6 is 11.8 Å². The average molecular weight is 420 g/mol.